The first-order valence-corrected chi connectivity index (χ1v) is 4.59. The Kier molecular flexibility index (Phi) is 10.7. The molecule has 1 rings (SSSR count). The van der Waals surface area contributed by atoms with Crippen LogP contribution in [0.3, 0.4) is 0 Å². The number of ether oxygens (including phenoxy) is 1. The summed E-state index contributed by atoms with van der Waals surface area (Å²) in [7, 11) is -0.343. The molecule has 0 spiro atoms. The first-order chi connectivity index (χ1) is 7.06. The van der Waals surface area contributed by atoms with E-state index in [0.717, 1.165) is 0 Å². The maximum absolute atomic E-state index is 10.5. The maximum atomic E-state index is 10.5. The Balaban J connectivity index is 0. The normalized spacial score (nSPS) is 8.88. The van der Waals surface area contributed by atoms with Crippen molar-refractivity contribution in [2.75, 3.05) is 12.8 Å². The summed E-state index contributed by atoms with van der Waals surface area (Å²) in [4.78, 5) is 22.7. The van der Waals surface area contributed by atoms with Crippen LogP contribution in [0.4, 0.5) is 5.69 Å². The van der Waals surface area contributed by atoms with E-state index in [9.17, 15) is 4.79 Å². The van der Waals surface area contributed by atoms with Crippen LogP contribution in [-0.2, 0) is 4.57 Å². The smallest absolute Gasteiger partial charge is 0.804 e. The summed E-state index contributed by atoms with van der Waals surface area (Å²) < 4.78 is 13.2. The largest absolute Gasteiger partial charge is 1.00 e. The van der Waals surface area contributed by atoms with Gasteiger partial charge in [-0.15, -0.1) is 0 Å². The van der Waals surface area contributed by atoms with Gasteiger partial charge in [-0.2, -0.15) is 0 Å². The van der Waals surface area contributed by atoms with Crippen LogP contribution in [0.25, 0.3) is 0 Å². The van der Waals surface area contributed by atoms with Crippen molar-refractivity contribution in [2.45, 2.75) is 0 Å². The van der Waals surface area contributed by atoms with Gasteiger partial charge in [-0.3, -0.25) is 0 Å². The number of nitrogens with two attached hydrogens (primary N) is 1. The predicted octanol–water partition coefficient (Wildman–Crippen LogP) is -3.61. The number of anilines is 1. The minimum atomic E-state index is -1.75. The molecule has 7 nitrogen and oxygen atoms in total. The molecule has 0 saturated heterocycles. The van der Waals surface area contributed by atoms with E-state index in [0.29, 0.717) is 0 Å². The second kappa shape index (κ2) is 9.62. The second-order valence-electron chi connectivity index (χ2n) is 2.22. The third kappa shape index (κ3) is 6.09. The molecule has 1 unspecified atom stereocenters. The monoisotopic (exact) mass is 256 g/mol. The van der Waals surface area contributed by atoms with Crippen LogP contribution in [-0.4, -0.2) is 23.2 Å². The van der Waals surface area contributed by atoms with E-state index < -0.39 is 14.7 Å². The fraction of sp³-hybridized carbons (Fsp3) is 0.143. The van der Waals surface area contributed by atoms with Crippen molar-refractivity contribution in [3.8, 4) is 5.88 Å². The number of pyridine rings is 1. The molecule has 9 heteroatoms. The van der Waals surface area contributed by atoms with Crippen molar-refractivity contribution in [1.29, 1.82) is 0 Å². The number of carboxylic acid groups (broad SMARTS) is 1. The van der Waals surface area contributed by atoms with Gasteiger partial charge in [0.2, 0.25) is 5.88 Å². The van der Waals surface area contributed by atoms with Crippen LogP contribution in [0.2, 0.25) is 0 Å². The van der Waals surface area contributed by atoms with Crippen LogP contribution < -0.4 is 44.9 Å². The van der Waals surface area contributed by atoms with Gasteiger partial charge in [-0.1, -0.05) is 0 Å². The molecule has 84 valence electrons. The van der Waals surface area contributed by atoms with E-state index in [-0.39, 0.29) is 46.7 Å². The Morgan fingerprint density at radius 1 is 1.69 bits per heavy atom. The molecule has 0 saturated carbocycles. The number of aromatic carboxylic acids is 1. The molecule has 0 bridgehead atoms. The maximum Gasteiger partial charge on any atom is 1.00 e. The molecule has 3 N–H and O–H groups in total. The topological polar surface area (TPSA) is 126 Å². The van der Waals surface area contributed by atoms with Gasteiger partial charge >= 0.3 is 35.5 Å². The molecule has 0 fully saturated rings. The minimum Gasteiger partial charge on any atom is -0.804 e. The molecule has 1 atom stereocenters. The van der Waals surface area contributed by atoms with E-state index in [1.807, 2.05) is 0 Å². The first kappa shape index (κ1) is 17.8. The van der Waals surface area contributed by atoms with E-state index >= 15 is 0 Å². The van der Waals surface area contributed by atoms with Crippen LogP contribution in [0.15, 0.2) is 12.3 Å². The van der Waals surface area contributed by atoms with E-state index in [2.05, 4.69) is 4.98 Å². The number of methoxy groups -OCH3 is 1. The zero-order valence-corrected chi connectivity index (χ0v) is 12.0. The van der Waals surface area contributed by atoms with E-state index in [4.69, 9.17) is 25.0 Å². The van der Waals surface area contributed by atoms with Crippen molar-refractivity contribution in [3.63, 3.8) is 0 Å². The number of carbonyl (C=O) groups is 1. The molecule has 0 radical (unpaired) electrons. The molecule has 0 aromatic carbocycles. The number of nitrogens with zero attached hydrogens (tertiary/aromatic N) is 1. The zero-order chi connectivity index (χ0) is 11.8. The molecule has 0 aliphatic heterocycles. The zero-order valence-electron chi connectivity index (χ0n) is 8.84. The summed E-state index contributed by atoms with van der Waals surface area (Å²) in [6.07, 6.45) is 1.25. The molecular weight excluding hydrogens is 246 g/mol. The van der Waals surface area contributed by atoms with Crippen molar-refractivity contribution in [1.82, 2.24) is 4.98 Å². The number of hydrogen-bond acceptors (Lipinski definition) is 6. The molecule has 1 aromatic rings. The predicted molar refractivity (Wildman–Crippen MR) is 52.6 cm³/mol. The summed E-state index contributed by atoms with van der Waals surface area (Å²) in [5, 5.41) is 8.62. The Bertz CT molecular complexity index is 363. The number of hydrogen-bond donors (Lipinski definition) is 2. The van der Waals surface area contributed by atoms with Crippen LogP contribution in [0.5, 0.6) is 5.88 Å². The molecule has 0 aliphatic rings. The fourth-order valence-electron chi connectivity index (χ4n) is 0.744. The molecule has 1 heterocycles. The number of carboxylic acids is 1. The van der Waals surface area contributed by atoms with Crippen molar-refractivity contribution in [2.24, 2.45) is 0 Å². The van der Waals surface area contributed by atoms with Crippen LogP contribution in [0.1, 0.15) is 10.4 Å². The quantitative estimate of drug-likeness (QED) is 0.413. The van der Waals surface area contributed by atoms with Crippen molar-refractivity contribution in [3.05, 3.63) is 17.8 Å². The average Bonchev–Trinajstić information content (AvgIpc) is 2.19. The van der Waals surface area contributed by atoms with Gasteiger partial charge in [0.25, 0.3) is 0 Å². The fourth-order valence-corrected chi connectivity index (χ4v) is 0.744. The minimum absolute atomic E-state index is 0. The molecule has 0 amide bonds. The molecule has 0 aliphatic carbocycles. The summed E-state index contributed by atoms with van der Waals surface area (Å²) in [5.74, 6) is -0.852. The molecular formula is C7H10N2NaO5P. The van der Waals surface area contributed by atoms with Gasteiger partial charge in [-0.05, 0) is 8.69 Å². The number of aromatic nitrogens is 1. The van der Waals surface area contributed by atoms with Gasteiger partial charge in [0.05, 0.1) is 24.6 Å². The van der Waals surface area contributed by atoms with Crippen molar-refractivity contribution < 1.29 is 53.7 Å². The van der Waals surface area contributed by atoms with Crippen molar-refractivity contribution >= 4 is 20.3 Å². The number of rotatable bonds is 2. The molecule has 1 aromatic heterocycles. The van der Waals surface area contributed by atoms with Gasteiger partial charge in [-0.25, -0.2) is 9.78 Å². The second-order valence-corrected chi connectivity index (χ2v) is 2.41. The van der Waals surface area contributed by atoms with Gasteiger partial charge in [0.15, 0.2) is 0 Å². The third-order valence-corrected chi connectivity index (χ3v) is 1.35. The summed E-state index contributed by atoms with van der Waals surface area (Å²) in [6.45, 7) is 0. The standard InChI is InChI=1S/C7H8N2O3.Na.H3O2P/c1-12-6-2-4(7(10)11)5(8)3-9-6;;1-3-2/h2-3H,8H2,1H3,(H,10,11);;3H2,(H,1,2)/q;+1;/p-1. The van der Waals surface area contributed by atoms with Gasteiger partial charge in [0, 0.05) is 6.07 Å². The van der Waals surface area contributed by atoms with Gasteiger partial charge < -0.3 is 25.0 Å². The summed E-state index contributed by atoms with van der Waals surface area (Å²) >= 11 is 0. The summed E-state index contributed by atoms with van der Waals surface area (Å²) in [5.41, 5.74) is 5.48. The van der Waals surface area contributed by atoms with Crippen LogP contribution in [0, 0.1) is 0 Å². The van der Waals surface area contributed by atoms with E-state index in [1.54, 1.807) is 0 Å². The number of nitrogen functional groups attached to an aromatic ring is 1. The van der Waals surface area contributed by atoms with Crippen LogP contribution >= 0.6 is 8.69 Å². The Hall–Kier alpha value is -0.590. The Labute approximate surface area is 115 Å². The Morgan fingerprint density at radius 2 is 2.19 bits per heavy atom. The Morgan fingerprint density at radius 3 is 2.56 bits per heavy atom. The first-order valence-electron chi connectivity index (χ1n) is 3.65. The third-order valence-electron chi connectivity index (χ3n) is 1.35. The summed E-state index contributed by atoms with van der Waals surface area (Å²) in [6, 6.07) is 1.28. The van der Waals surface area contributed by atoms with E-state index in [1.165, 1.54) is 19.4 Å². The van der Waals surface area contributed by atoms with Gasteiger partial charge in [0.1, 0.15) is 0 Å². The average molecular weight is 256 g/mol. The SMILES string of the molecule is COc1cc(C(=O)O)c(N)cn1.O=[PH2][O-].[Na+]. The molecule has 16 heavy (non-hydrogen) atoms.